The van der Waals surface area contributed by atoms with Crippen LogP contribution in [0, 0.1) is 5.92 Å². The van der Waals surface area contributed by atoms with Crippen molar-refractivity contribution in [1.29, 1.82) is 0 Å². The lowest BCUT2D eigenvalue weighted by molar-refractivity contribution is -0.115. The van der Waals surface area contributed by atoms with Gasteiger partial charge in [0.2, 0.25) is 5.91 Å². The molecular weight excluding hydrogens is 284 g/mol. The van der Waals surface area contributed by atoms with Gasteiger partial charge in [0, 0.05) is 41.0 Å². The third kappa shape index (κ3) is 5.25. The van der Waals surface area contributed by atoms with Crippen LogP contribution in [0.3, 0.4) is 0 Å². The largest absolute Gasteiger partial charge is 0.326 e. The van der Waals surface area contributed by atoms with Gasteiger partial charge in [-0.25, -0.2) is 0 Å². The van der Waals surface area contributed by atoms with Gasteiger partial charge in [-0.05, 0) is 30.4 Å². The molecule has 0 aliphatic heterocycles. The summed E-state index contributed by atoms with van der Waals surface area (Å²) < 4.78 is 12.0. The topological polar surface area (TPSA) is 72.2 Å². The van der Waals surface area contributed by atoms with E-state index in [2.05, 4.69) is 5.32 Å². The van der Waals surface area contributed by atoms with Crippen molar-refractivity contribution in [3.8, 4) is 0 Å². The summed E-state index contributed by atoms with van der Waals surface area (Å²) in [4.78, 5) is 11.9. The van der Waals surface area contributed by atoms with Crippen molar-refractivity contribution in [2.45, 2.75) is 38.6 Å². The molecule has 1 saturated carbocycles. The molecule has 1 aliphatic rings. The molecule has 5 heteroatoms. The van der Waals surface area contributed by atoms with E-state index in [1.165, 1.54) is 25.7 Å². The first-order valence-corrected chi connectivity index (χ1v) is 9.10. The minimum atomic E-state index is -0.881. The third-order valence-electron chi connectivity index (χ3n) is 3.96. The smallest absolute Gasteiger partial charge is 0.225 e. The number of para-hydroxylation sites is 1. The summed E-state index contributed by atoms with van der Waals surface area (Å²) in [6.07, 6.45) is 5.22. The molecule has 2 rings (SSSR count). The predicted molar refractivity (Wildman–Crippen MR) is 87.4 cm³/mol. The molecule has 1 fully saturated rings. The van der Waals surface area contributed by atoms with E-state index in [0.717, 1.165) is 17.0 Å². The Kier molecular flexibility index (Phi) is 6.39. The molecule has 116 valence electrons. The van der Waals surface area contributed by atoms with Crippen LogP contribution in [0.2, 0.25) is 0 Å². The fourth-order valence-corrected chi connectivity index (χ4v) is 4.20. The van der Waals surface area contributed by atoms with Gasteiger partial charge in [-0.3, -0.25) is 9.00 Å². The molecule has 3 N–H and O–H groups in total. The van der Waals surface area contributed by atoms with Crippen LogP contribution in [0.1, 0.15) is 37.7 Å². The number of nitrogens with two attached hydrogens (primary N) is 1. The van der Waals surface area contributed by atoms with E-state index in [0.29, 0.717) is 24.6 Å². The molecular formula is C16H24N2O2S. The number of anilines is 1. The zero-order valence-electron chi connectivity index (χ0n) is 12.3. The van der Waals surface area contributed by atoms with Crippen molar-refractivity contribution in [1.82, 2.24) is 0 Å². The van der Waals surface area contributed by atoms with Crippen molar-refractivity contribution in [2.75, 3.05) is 16.8 Å². The Morgan fingerprint density at radius 1 is 1.29 bits per heavy atom. The first-order valence-electron chi connectivity index (χ1n) is 7.62. The van der Waals surface area contributed by atoms with Crippen LogP contribution in [-0.2, 0) is 22.1 Å². The van der Waals surface area contributed by atoms with Crippen LogP contribution in [0.5, 0.6) is 0 Å². The molecule has 1 aliphatic carbocycles. The van der Waals surface area contributed by atoms with E-state index >= 15 is 0 Å². The summed E-state index contributed by atoms with van der Waals surface area (Å²) in [5, 5.41) is 2.86. The van der Waals surface area contributed by atoms with E-state index in [1.54, 1.807) is 0 Å². The molecule has 0 radical (unpaired) electrons. The second kappa shape index (κ2) is 8.29. The number of amides is 1. The van der Waals surface area contributed by atoms with E-state index in [1.807, 2.05) is 24.3 Å². The Bertz CT molecular complexity index is 499. The summed E-state index contributed by atoms with van der Waals surface area (Å²) in [7, 11) is -0.881. The van der Waals surface area contributed by atoms with Gasteiger partial charge in [0.25, 0.3) is 0 Å². The monoisotopic (exact) mass is 308 g/mol. The highest BCUT2D eigenvalue weighted by molar-refractivity contribution is 7.85. The van der Waals surface area contributed by atoms with Crippen LogP contribution in [0.25, 0.3) is 0 Å². The van der Waals surface area contributed by atoms with Crippen LogP contribution >= 0.6 is 0 Å². The maximum Gasteiger partial charge on any atom is 0.225 e. The molecule has 0 bridgehead atoms. The third-order valence-corrected chi connectivity index (χ3v) is 5.47. The Morgan fingerprint density at radius 2 is 2.00 bits per heavy atom. The molecule has 4 nitrogen and oxygen atoms in total. The second-order valence-electron chi connectivity index (χ2n) is 5.62. The SMILES string of the molecule is NCc1ccccc1NC(=O)CCS(=O)CC1CCCC1. The van der Waals surface area contributed by atoms with Gasteiger partial charge in [-0.2, -0.15) is 0 Å². The van der Waals surface area contributed by atoms with Gasteiger partial charge in [-0.1, -0.05) is 31.0 Å². The van der Waals surface area contributed by atoms with Gasteiger partial charge in [0.05, 0.1) is 0 Å². The second-order valence-corrected chi connectivity index (χ2v) is 7.24. The molecule has 1 unspecified atom stereocenters. The molecule has 1 aromatic rings. The zero-order chi connectivity index (χ0) is 15.1. The minimum absolute atomic E-state index is 0.0873. The summed E-state index contributed by atoms with van der Waals surface area (Å²) >= 11 is 0. The predicted octanol–water partition coefficient (Wildman–Crippen LogP) is 2.41. The number of nitrogens with one attached hydrogen (secondary N) is 1. The number of carbonyl (C=O) groups excluding carboxylic acids is 1. The summed E-state index contributed by atoms with van der Waals surface area (Å²) in [5.74, 6) is 1.72. The lowest BCUT2D eigenvalue weighted by Gasteiger charge is -2.10. The van der Waals surface area contributed by atoms with Gasteiger partial charge in [0.1, 0.15) is 0 Å². The lowest BCUT2D eigenvalue weighted by atomic mass is 10.1. The van der Waals surface area contributed by atoms with Gasteiger partial charge < -0.3 is 11.1 Å². The molecule has 21 heavy (non-hydrogen) atoms. The van der Waals surface area contributed by atoms with Crippen LogP contribution in [0.4, 0.5) is 5.69 Å². The maximum absolute atomic E-state index is 12.0. The Balaban J connectivity index is 1.75. The van der Waals surface area contributed by atoms with E-state index < -0.39 is 10.8 Å². The lowest BCUT2D eigenvalue weighted by Crippen LogP contribution is -2.18. The molecule has 0 aromatic heterocycles. The number of hydrogen-bond donors (Lipinski definition) is 2. The average Bonchev–Trinajstić information content (AvgIpc) is 2.98. The highest BCUT2D eigenvalue weighted by Crippen LogP contribution is 2.25. The van der Waals surface area contributed by atoms with Crippen molar-refractivity contribution in [3.63, 3.8) is 0 Å². The molecule has 1 atom stereocenters. The van der Waals surface area contributed by atoms with Crippen molar-refractivity contribution in [2.24, 2.45) is 11.7 Å². The van der Waals surface area contributed by atoms with Crippen molar-refractivity contribution >= 4 is 22.4 Å². The number of rotatable bonds is 7. The highest BCUT2D eigenvalue weighted by atomic mass is 32.2. The number of benzene rings is 1. The molecule has 0 heterocycles. The summed E-state index contributed by atoms with van der Waals surface area (Å²) in [5.41, 5.74) is 7.31. The van der Waals surface area contributed by atoms with Crippen LogP contribution < -0.4 is 11.1 Å². The van der Waals surface area contributed by atoms with Crippen molar-refractivity contribution < 1.29 is 9.00 Å². The number of hydrogen-bond acceptors (Lipinski definition) is 3. The normalized spacial score (nSPS) is 16.8. The minimum Gasteiger partial charge on any atom is -0.326 e. The zero-order valence-corrected chi connectivity index (χ0v) is 13.2. The van der Waals surface area contributed by atoms with E-state index in [4.69, 9.17) is 5.73 Å². The molecule has 0 spiro atoms. The first kappa shape index (κ1) is 16.2. The first-order chi connectivity index (χ1) is 10.2. The molecule has 0 saturated heterocycles. The summed E-state index contributed by atoms with van der Waals surface area (Å²) in [6, 6.07) is 7.50. The van der Waals surface area contributed by atoms with Crippen LogP contribution in [0.15, 0.2) is 24.3 Å². The van der Waals surface area contributed by atoms with E-state index in [9.17, 15) is 9.00 Å². The Labute approximate surface area is 129 Å². The summed E-state index contributed by atoms with van der Waals surface area (Å²) in [6.45, 7) is 0.393. The fraction of sp³-hybridized carbons (Fsp3) is 0.562. The van der Waals surface area contributed by atoms with Gasteiger partial charge in [0.15, 0.2) is 0 Å². The highest BCUT2D eigenvalue weighted by Gasteiger charge is 2.18. The van der Waals surface area contributed by atoms with Gasteiger partial charge in [-0.15, -0.1) is 0 Å². The fourth-order valence-electron chi connectivity index (χ4n) is 2.76. The maximum atomic E-state index is 12.0. The molecule has 1 aromatic carbocycles. The average molecular weight is 308 g/mol. The standard InChI is InChI=1S/C16H24N2O2S/c17-11-14-7-3-4-8-15(14)18-16(19)9-10-21(20)12-13-5-1-2-6-13/h3-4,7-8,13H,1-2,5-6,9-12,17H2,(H,18,19). The quantitative estimate of drug-likeness (QED) is 0.812. The Hall–Kier alpha value is -1.20. The van der Waals surface area contributed by atoms with Crippen molar-refractivity contribution in [3.05, 3.63) is 29.8 Å². The molecule has 1 amide bonds. The Morgan fingerprint density at radius 3 is 2.71 bits per heavy atom. The number of carbonyl (C=O) groups is 1. The van der Waals surface area contributed by atoms with E-state index in [-0.39, 0.29) is 5.91 Å². The van der Waals surface area contributed by atoms with Crippen LogP contribution in [-0.4, -0.2) is 21.6 Å². The van der Waals surface area contributed by atoms with Gasteiger partial charge >= 0.3 is 0 Å².